The van der Waals surface area contributed by atoms with Crippen LogP contribution in [0.3, 0.4) is 0 Å². The molecule has 2 amide bonds. The van der Waals surface area contributed by atoms with Gasteiger partial charge in [0, 0.05) is 49.6 Å². The lowest BCUT2D eigenvalue weighted by Crippen LogP contribution is -2.42. The van der Waals surface area contributed by atoms with Crippen molar-refractivity contribution in [3.05, 3.63) is 48.5 Å². The third kappa shape index (κ3) is 3.94. The molecular formula is C23H23F2N5O2. The second-order valence-corrected chi connectivity index (χ2v) is 8.52. The predicted molar refractivity (Wildman–Crippen MR) is 115 cm³/mol. The largest absolute Gasteiger partial charge is 0.338 e. The average molecular weight is 439 g/mol. The molecule has 3 aromatic heterocycles. The first-order valence-corrected chi connectivity index (χ1v) is 10.8. The molecule has 4 heterocycles. The molecular weight excluding hydrogens is 416 g/mol. The van der Waals surface area contributed by atoms with E-state index in [-0.39, 0.29) is 43.7 Å². The first-order valence-electron chi connectivity index (χ1n) is 10.8. The number of piperidine rings is 1. The molecule has 1 saturated heterocycles. The Labute approximate surface area is 183 Å². The van der Waals surface area contributed by atoms with Crippen LogP contribution in [0.1, 0.15) is 42.5 Å². The van der Waals surface area contributed by atoms with Crippen molar-refractivity contribution < 1.29 is 18.4 Å². The van der Waals surface area contributed by atoms with Crippen LogP contribution in [0.4, 0.5) is 14.5 Å². The van der Waals surface area contributed by atoms with Crippen LogP contribution in [0.25, 0.3) is 16.7 Å². The van der Waals surface area contributed by atoms with Gasteiger partial charge in [0.25, 0.3) is 11.8 Å². The molecule has 0 aromatic carbocycles. The molecule has 2 aliphatic rings. The zero-order valence-corrected chi connectivity index (χ0v) is 17.4. The molecule has 0 atom stereocenters. The second kappa shape index (κ2) is 7.96. The van der Waals surface area contributed by atoms with Gasteiger partial charge in [-0.05, 0) is 31.0 Å². The molecule has 1 saturated carbocycles. The lowest BCUT2D eigenvalue weighted by atomic mass is 9.85. The number of fused-ring (bicyclic) bond motifs is 1. The summed E-state index contributed by atoms with van der Waals surface area (Å²) in [4.78, 5) is 35.1. The summed E-state index contributed by atoms with van der Waals surface area (Å²) < 4.78 is 28.6. The number of amides is 2. The van der Waals surface area contributed by atoms with Gasteiger partial charge >= 0.3 is 0 Å². The van der Waals surface area contributed by atoms with Gasteiger partial charge in [0.05, 0.1) is 29.3 Å². The zero-order valence-electron chi connectivity index (χ0n) is 17.4. The molecule has 2 fully saturated rings. The molecule has 0 spiro atoms. The van der Waals surface area contributed by atoms with Crippen molar-refractivity contribution >= 4 is 28.5 Å². The molecule has 5 rings (SSSR count). The van der Waals surface area contributed by atoms with Gasteiger partial charge in [-0.2, -0.15) is 0 Å². The number of aromatic nitrogens is 3. The van der Waals surface area contributed by atoms with Crippen molar-refractivity contribution in [1.29, 1.82) is 0 Å². The minimum absolute atomic E-state index is 0.0179. The van der Waals surface area contributed by atoms with Crippen LogP contribution in [-0.2, 0) is 4.79 Å². The quantitative estimate of drug-likeness (QED) is 0.666. The second-order valence-electron chi connectivity index (χ2n) is 8.52. The summed E-state index contributed by atoms with van der Waals surface area (Å²) >= 11 is 0. The number of nitrogens with zero attached hydrogens (tertiary/aromatic N) is 4. The highest BCUT2D eigenvalue weighted by Crippen LogP contribution is 2.30. The van der Waals surface area contributed by atoms with Crippen molar-refractivity contribution in [3.8, 4) is 5.69 Å². The SMILES string of the molecule is O=C(Nc1cncc(-n2ccc3cc(C(=O)N4CCC(F)(F)CC4)cnc32)c1)C1CCC1. The van der Waals surface area contributed by atoms with Gasteiger partial charge in [0.1, 0.15) is 5.65 Å². The number of carbonyl (C=O) groups excluding carboxylic acids is 2. The minimum Gasteiger partial charge on any atom is -0.338 e. The van der Waals surface area contributed by atoms with Gasteiger partial charge in [-0.3, -0.25) is 19.1 Å². The average Bonchev–Trinajstić information content (AvgIpc) is 3.15. The lowest BCUT2D eigenvalue weighted by molar-refractivity contribution is -0.122. The number of alkyl halides is 2. The fourth-order valence-corrected chi connectivity index (χ4v) is 4.11. The number of nitrogens with one attached hydrogen (secondary N) is 1. The molecule has 0 unspecified atom stereocenters. The normalized spacial score (nSPS) is 18.4. The minimum atomic E-state index is -2.70. The summed E-state index contributed by atoms with van der Waals surface area (Å²) in [5.41, 5.74) is 2.36. The number of pyridine rings is 2. The van der Waals surface area contributed by atoms with Crippen LogP contribution in [0.2, 0.25) is 0 Å². The van der Waals surface area contributed by atoms with Gasteiger partial charge in [-0.15, -0.1) is 0 Å². The maximum atomic E-state index is 13.4. The van der Waals surface area contributed by atoms with Gasteiger partial charge in [0.15, 0.2) is 0 Å². The Morgan fingerprint density at radius 2 is 1.88 bits per heavy atom. The van der Waals surface area contributed by atoms with Gasteiger partial charge < -0.3 is 10.2 Å². The highest BCUT2D eigenvalue weighted by molar-refractivity contribution is 5.97. The molecule has 32 heavy (non-hydrogen) atoms. The molecule has 1 aliphatic carbocycles. The summed E-state index contributed by atoms with van der Waals surface area (Å²) in [6.07, 6.45) is 8.89. The molecule has 9 heteroatoms. The molecule has 0 radical (unpaired) electrons. The van der Waals surface area contributed by atoms with Gasteiger partial charge in [-0.1, -0.05) is 6.42 Å². The molecule has 3 aromatic rings. The highest BCUT2D eigenvalue weighted by atomic mass is 19.3. The fraction of sp³-hybridized carbons (Fsp3) is 0.391. The number of rotatable bonds is 4. The fourth-order valence-electron chi connectivity index (χ4n) is 4.11. The summed E-state index contributed by atoms with van der Waals surface area (Å²) in [7, 11) is 0. The number of carbonyl (C=O) groups is 2. The highest BCUT2D eigenvalue weighted by Gasteiger charge is 2.36. The Hall–Kier alpha value is -3.36. The monoisotopic (exact) mass is 439 g/mol. The molecule has 7 nitrogen and oxygen atoms in total. The summed E-state index contributed by atoms with van der Waals surface area (Å²) in [6.45, 7) is 0.0752. The summed E-state index contributed by atoms with van der Waals surface area (Å²) in [5, 5.41) is 3.67. The summed E-state index contributed by atoms with van der Waals surface area (Å²) in [5.74, 6) is -2.89. The third-order valence-electron chi connectivity index (χ3n) is 6.30. The Bertz CT molecular complexity index is 1180. The van der Waals surface area contributed by atoms with E-state index in [2.05, 4.69) is 15.3 Å². The Morgan fingerprint density at radius 3 is 2.59 bits per heavy atom. The van der Waals surface area contributed by atoms with E-state index in [4.69, 9.17) is 0 Å². The third-order valence-corrected chi connectivity index (χ3v) is 6.30. The Kier molecular flexibility index (Phi) is 5.11. The lowest BCUT2D eigenvalue weighted by Gasteiger charge is -2.31. The van der Waals surface area contributed by atoms with Crippen LogP contribution < -0.4 is 5.32 Å². The molecule has 0 bridgehead atoms. The molecule has 1 N–H and O–H groups in total. The van der Waals surface area contributed by atoms with E-state index in [1.165, 1.54) is 11.1 Å². The number of hydrogen-bond donors (Lipinski definition) is 1. The van der Waals surface area contributed by atoms with Crippen molar-refractivity contribution in [2.75, 3.05) is 18.4 Å². The Morgan fingerprint density at radius 1 is 1.09 bits per heavy atom. The van der Waals surface area contributed by atoms with Gasteiger partial charge in [-0.25, -0.2) is 13.8 Å². The first kappa shape index (κ1) is 20.5. The van der Waals surface area contributed by atoms with E-state index in [1.807, 2.05) is 22.9 Å². The standard InChI is InChI=1S/C23H23F2N5O2/c24-23(25)5-8-29(9-6-23)22(32)17-10-16-4-7-30(20(16)27-12-17)19-11-18(13-26-14-19)28-21(31)15-2-1-3-15/h4,7,10-15H,1-3,5-6,8-9H2,(H,28,31). The number of hydrogen-bond acceptors (Lipinski definition) is 4. The molecule has 1 aliphatic heterocycles. The van der Waals surface area contributed by atoms with Crippen LogP contribution in [0, 0.1) is 5.92 Å². The van der Waals surface area contributed by atoms with E-state index in [1.54, 1.807) is 18.5 Å². The topological polar surface area (TPSA) is 80.1 Å². The van der Waals surface area contributed by atoms with Crippen LogP contribution in [-0.4, -0.2) is 50.3 Å². The van der Waals surface area contributed by atoms with Crippen molar-refractivity contribution in [1.82, 2.24) is 19.4 Å². The van der Waals surface area contributed by atoms with E-state index in [0.29, 0.717) is 16.9 Å². The van der Waals surface area contributed by atoms with E-state index in [0.717, 1.165) is 30.3 Å². The smallest absolute Gasteiger partial charge is 0.255 e. The number of likely N-dealkylation sites (tertiary alicyclic amines) is 1. The van der Waals surface area contributed by atoms with Gasteiger partial charge in [0.2, 0.25) is 5.91 Å². The number of halogens is 2. The van der Waals surface area contributed by atoms with E-state index >= 15 is 0 Å². The molecule has 166 valence electrons. The first-order chi connectivity index (χ1) is 15.4. The maximum Gasteiger partial charge on any atom is 0.255 e. The van der Waals surface area contributed by atoms with Crippen molar-refractivity contribution in [2.24, 2.45) is 5.92 Å². The van der Waals surface area contributed by atoms with Crippen LogP contribution in [0.15, 0.2) is 43.0 Å². The summed E-state index contributed by atoms with van der Waals surface area (Å²) in [6, 6.07) is 5.39. The van der Waals surface area contributed by atoms with E-state index < -0.39 is 5.92 Å². The zero-order chi connectivity index (χ0) is 22.3. The van der Waals surface area contributed by atoms with Crippen LogP contribution in [0.5, 0.6) is 0 Å². The van der Waals surface area contributed by atoms with E-state index in [9.17, 15) is 18.4 Å². The van der Waals surface area contributed by atoms with Crippen molar-refractivity contribution in [2.45, 2.75) is 38.0 Å². The van der Waals surface area contributed by atoms with Crippen molar-refractivity contribution in [3.63, 3.8) is 0 Å². The number of anilines is 1. The maximum absolute atomic E-state index is 13.4. The predicted octanol–water partition coefficient (Wildman–Crippen LogP) is 4.03. The van der Waals surface area contributed by atoms with Crippen LogP contribution >= 0.6 is 0 Å². The Balaban J connectivity index is 1.36.